The fourth-order valence-electron chi connectivity index (χ4n) is 2.22. The number of hydrogen-bond donors (Lipinski definition) is 0. The summed E-state index contributed by atoms with van der Waals surface area (Å²) in [7, 11) is 0. The molecule has 0 aliphatic carbocycles. The average Bonchev–Trinajstić information content (AvgIpc) is 2.47. The zero-order valence-corrected chi connectivity index (χ0v) is 11.0. The van der Waals surface area contributed by atoms with Crippen LogP contribution in [0.25, 0.3) is 10.9 Å². The van der Waals surface area contributed by atoms with E-state index in [1.807, 2.05) is 30.3 Å². The second-order valence-electron chi connectivity index (χ2n) is 4.69. The van der Waals surface area contributed by atoms with Crippen molar-refractivity contribution in [2.45, 2.75) is 6.42 Å². The Bertz CT molecular complexity index is 810. The Morgan fingerprint density at radius 2 is 1.62 bits per heavy atom. The number of para-hydroxylation sites is 1. The summed E-state index contributed by atoms with van der Waals surface area (Å²) in [5, 5.41) is 0.950. The summed E-state index contributed by atoms with van der Waals surface area (Å²) >= 11 is 0. The number of aromatic nitrogens is 1. The van der Waals surface area contributed by atoms with Crippen LogP contribution in [-0.2, 0) is 6.42 Å². The second-order valence-corrected chi connectivity index (χ2v) is 4.69. The van der Waals surface area contributed by atoms with Crippen molar-refractivity contribution in [3.63, 3.8) is 0 Å². The molecule has 0 aliphatic rings. The molecule has 2 aromatic carbocycles. The summed E-state index contributed by atoms with van der Waals surface area (Å²) < 4.78 is 27.2. The Kier molecular flexibility index (Phi) is 3.44. The van der Waals surface area contributed by atoms with E-state index in [2.05, 4.69) is 4.98 Å². The number of nitrogens with zero attached hydrogens (tertiary/aromatic N) is 1. The van der Waals surface area contributed by atoms with Crippen molar-refractivity contribution in [1.82, 2.24) is 4.98 Å². The van der Waals surface area contributed by atoms with Gasteiger partial charge in [-0.15, -0.1) is 0 Å². The molecule has 104 valence electrons. The van der Waals surface area contributed by atoms with E-state index in [-0.39, 0.29) is 6.42 Å². The Labute approximate surface area is 120 Å². The normalized spacial score (nSPS) is 10.8. The standard InChI is InChI=1S/C17H11F2NO/c18-13-5-3-6-14(19)17(13)16(21)10-12-9-8-11-4-1-2-7-15(11)20-12/h1-9H,10H2. The maximum Gasteiger partial charge on any atom is 0.174 e. The first kappa shape index (κ1) is 13.4. The maximum atomic E-state index is 13.6. The predicted octanol–water partition coefficient (Wildman–Crippen LogP) is 3.94. The van der Waals surface area contributed by atoms with Crippen LogP contribution >= 0.6 is 0 Å². The number of ketones is 1. The highest BCUT2D eigenvalue weighted by molar-refractivity contribution is 5.98. The molecule has 1 aromatic heterocycles. The van der Waals surface area contributed by atoms with Crippen LogP contribution in [0.2, 0.25) is 0 Å². The Balaban J connectivity index is 1.93. The number of rotatable bonds is 3. The van der Waals surface area contributed by atoms with Gasteiger partial charge in [0.25, 0.3) is 0 Å². The third-order valence-corrected chi connectivity index (χ3v) is 3.24. The molecule has 0 atom stereocenters. The maximum absolute atomic E-state index is 13.6. The minimum atomic E-state index is -0.846. The first-order chi connectivity index (χ1) is 10.1. The highest BCUT2D eigenvalue weighted by Crippen LogP contribution is 2.17. The van der Waals surface area contributed by atoms with Crippen LogP contribution in [0.15, 0.2) is 54.6 Å². The molecule has 0 N–H and O–H groups in total. The van der Waals surface area contributed by atoms with E-state index in [0.717, 1.165) is 23.0 Å². The van der Waals surface area contributed by atoms with Crippen LogP contribution in [0.4, 0.5) is 8.78 Å². The van der Waals surface area contributed by atoms with Gasteiger partial charge in [0.05, 0.1) is 17.5 Å². The lowest BCUT2D eigenvalue weighted by Crippen LogP contribution is -2.10. The van der Waals surface area contributed by atoms with Gasteiger partial charge in [-0.05, 0) is 24.3 Å². The molecule has 0 amide bonds. The molecule has 0 unspecified atom stereocenters. The molecule has 21 heavy (non-hydrogen) atoms. The van der Waals surface area contributed by atoms with Crippen LogP contribution in [0.1, 0.15) is 16.1 Å². The zero-order chi connectivity index (χ0) is 14.8. The zero-order valence-electron chi connectivity index (χ0n) is 11.0. The van der Waals surface area contributed by atoms with Gasteiger partial charge in [-0.25, -0.2) is 8.78 Å². The summed E-state index contributed by atoms with van der Waals surface area (Å²) in [6, 6.07) is 14.4. The lowest BCUT2D eigenvalue weighted by Gasteiger charge is -2.05. The number of carbonyl (C=O) groups excluding carboxylic acids is 1. The van der Waals surface area contributed by atoms with Crippen molar-refractivity contribution in [2.24, 2.45) is 0 Å². The van der Waals surface area contributed by atoms with Gasteiger partial charge in [-0.3, -0.25) is 9.78 Å². The average molecular weight is 283 g/mol. The van der Waals surface area contributed by atoms with Crippen molar-refractivity contribution in [3.8, 4) is 0 Å². The fraction of sp³-hybridized carbons (Fsp3) is 0.0588. The van der Waals surface area contributed by atoms with Crippen LogP contribution in [0.3, 0.4) is 0 Å². The molecule has 4 heteroatoms. The van der Waals surface area contributed by atoms with Crippen molar-refractivity contribution >= 4 is 16.7 Å². The molecule has 0 radical (unpaired) electrons. The SMILES string of the molecule is O=C(Cc1ccc2ccccc2n1)c1c(F)cccc1F. The van der Waals surface area contributed by atoms with Crippen molar-refractivity contribution in [2.75, 3.05) is 0 Å². The number of halogens is 2. The fourth-order valence-corrected chi connectivity index (χ4v) is 2.22. The van der Waals surface area contributed by atoms with Gasteiger partial charge < -0.3 is 0 Å². The lowest BCUT2D eigenvalue weighted by atomic mass is 10.0. The minimum Gasteiger partial charge on any atom is -0.294 e. The molecule has 3 rings (SSSR count). The van der Waals surface area contributed by atoms with E-state index in [4.69, 9.17) is 0 Å². The first-order valence-corrected chi connectivity index (χ1v) is 6.47. The number of benzene rings is 2. The summed E-state index contributed by atoms with van der Waals surface area (Å²) in [6.07, 6.45) is -0.136. The van der Waals surface area contributed by atoms with Gasteiger partial charge >= 0.3 is 0 Å². The Hall–Kier alpha value is -2.62. The monoisotopic (exact) mass is 283 g/mol. The molecule has 0 spiro atoms. The van der Waals surface area contributed by atoms with Gasteiger partial charge in [0.2, 0.25) is 0 Å². The second kappa shape index (κ2) is 5.40. The van der Waals surface area contributed by atoms with Crippen LogP contribution in [0.5, 0.6) is 0 Å². The predicted molar refractivity (Wildman–Crippen MR) is 76.1 cm³/mol. The molecule has 0 fully saturated rings. The lowest BCUT2D eigenvalue weighted by molar-refractivity contribution is 0.0984. The van der Waals surface area contributed by atoms with Gasteiger partial charge in [0.1, 0.15) is 11.6 Å². The van der Waals surface area contributed by atoms with E-state index in [1.165, 1.54) is 6.07 Å². The largest absolute Gasteiger partial charge is 0.294 e. The third kappa shape index (κ3) is 2.65. The van der Waals surface area contributed by atoms with Crippen LogP contribution in [0, 0.1) is 11.6 Å². The van der Waals surface area contributed by atoms with E-state index in [0.29, 0.717) is 5.69 Å². The quantitative estimate of drug-likeness (QED) is 0.681. The summed E-state index contributed by atoms with van der Waals surface area (Å²) in [4.78, 5) is 16.4. The minimum absolute atomic E-state index is 0.136. The van der Waals surface area contributed by atoms with Crippen LogP contribution in [-0.4, -0.2) is 10.8 Å². The van der Waals surface area contributed by atoms with Gasteiger partial charge in [-0.1, -0.05) is 30.3 Å². The molecule has 1 heterocycles. The molecule has 3 aromatic rings. The van der Waals surface area contributed by atoms with Crippen LogP contribution < -0.4 is 0 Å². The molecule has 0 saturated carbocycles. The third-order valence-electron chi connectivity index (χ3n) is 3.24. The Morgan fingerprint density at radius 1 is 0.905 bits per heavy atom. The summed E-state index contributed by atoms with van der Waals surface area (Å²) in [5.74, 6) is -2.31. The van der Waals surface area contributed by atoms with Crippen molar-refractivity contribution < 1.29 is 13.6 Å². The van der Waals surface area contributed by atoms with Crippen molar-refractivity contribution in [1.29, 1.82) is 0 Å². The Morgan fingerprint density at radius 3 is 2.38 bits per heavy atom. The molecular formula is C17H11F2NO. The molecule has 0 aliphatic heterocycles. The van der Waals surface area contributed by atoms with Gasteiger partial charge in [0, 0.05) is 11.1 Å². The number of Topliss-reactive ketones (excluding diaryl/α,β-unsaturated/α-hetero) is 1. The van der Waals surface area contributed by atoms with E-state index in [1.54, 1.807) is 6.07 Å². The highest BCUT2D eigenvalue weighted by Gasteiger charge is 2.17. The number of pyridine rings is 1. The van der Waals surface area contributed by atoms with E-state index < -0.39 is 23.0 Å². The first-order valence-electron chi connectivity index (χ1n) is 6.47. The number of hydrogen-bond acceptors (Lipinski definition) is 2. The number of carbonyl (C=O) groups is 1. The molecule has 2 nitrogen and oxygen atoms in total. The molecule has 0 saturated heterocycles. The number of fused-ring (bicyclic) bond motifs is 1. The summed E-state index contributed by atoms with van der Waals surface area (Å²) in [5.41, 5.74) is 0.727. The van der Waals surface area contributed by atoms with E-state index >= 15 is 0 Å². The van der Waals surface area contributed by atoms with Gasteiger partial charge in [-0.2, -0.15) is 0 Å². The molecule has 0 bridgehead atoms. The van der Waals surface area contributed by atoms with Gasteiger partial charge in [0.15, 0.2) is 5.78 Å². The topological polar surface area (TPSA) is 30.0 Å². The molecular weight excluding hydrogens is 272 g/mol. The van der Waals surface area contributed by atoms with Crippen molar-refractivity contribution in [3.05, 3.63) is 77.5 Å². The smallest absolute Gasteiger partial charge is 0.174 e. The summed E-state index contributed by atoms with van der Waals surface area (Å²) in [6.45, 7) is 0. The highest BCUT2D eigenvalue weighted by atomic mass is 19.1. The van der Waals surface area contributed by atoms with E-state index in [9.17, 15) is 13.6 Å².